The van der Waals surface area contributed by atoms with Gasteiger partial charge in [-0.15, -0.1) is 0 Å². The zero-order chi connectivity index (χ0) is 32.3. The van der Waals surface area contributed by atoms with Crippen LogP contribution in [0.2, 0.25) is 10.0 Å². The van der Waals surface area contributed by atoms with Crippen LogP contribution < -0.4 is 15.0 Å². The second kappa shape index (κ2) is 11.4. The molecule has 2 amide bonds. The number of carboxylic acid groups (broad SMARTS) is 1. The van der Waals surface area contributed by atoms with E-state index >= 15 is 4.39 Å². The Morgan fingerprint density at radius 3 is 2.54 bits per heavy atom. The number of ether oxygens (including phenoxy) is 1. The first-order chi connectivity index (χ1) is 22.1. The summed E-state index contributed by atoms with van der Waals surface area (Å²) in [6.45, 7) is 2.77. The molecule has 0 saturated carbocycles. The summed E-state index contributed by atoms with van der Waals surface area (Å²) in [6.07, 6.45) is 0. The van der Waals surface area contributed by atoms with E-state index in [-0.39, 0.29) is 35.1 Å². The molecule has 3 aliphatic heterocycles. The Hall–Kier alpha value is -4.44. The summed E-state index contributed by atoms with van der Waals surface area (Å²) in [6, 6.07) is 22.8. The topological polar surface area (TPSA) is 99.2 Å². The number of carboxylic acids is 1. The molecule has 46 heavy (non-hydrogen) atoms. The largest absolute Gasteiger partial charge is 0.494 e. The Morgan fingerprint density at radius 2 is 1.80 bits per heavy atom. The van der Waals surface area contributed by atoms with E-state index in [0.717, 1.165) is 5.56 Å². The highest BCUT2D eigenvalue weighted by molar-refractivity contribution is 6.31. The lowest BCUT2D eigenvalue weighted by atomic mass is 9.71. The number of hydrogen-bond acceptors (Lipinski definition) is 5. The molecule has 4 aromatic carbocycles. The predicted octanol–water partition coefficient (Wildman–Crippen LogP) is 6.71. The quantitative estimate of drug-likeness (QED) is 0.229. The van der Waals surface area contributed by atoms with Crippen molar-refractivity contribution < 1.29 is 28.6 Å². The van der Waals surface area contributed by atoms with Crippen LogP contribution in [0.15, 0.2) is 84.9 Å². The van der Waals surface area contributed by atoms with Crippen LogP contribution in [-0.4, -0.2) is 47.0 Å². The summed E-state index contributed by atoms with van der Waals surface area (Å²) in [5.74, 6) is -3.67. The lowest BCUT2D eigenvalue weighted by molar-refractivity contribution is -0.128. The molecule has 2 fully saturated rings. The van der Waals surface area contributed by atoms with Crippen LogP contribution >= 0.6 is 23.2 Å². The van der Waals surface area contributed by atoms with Crippen LogP contribution in [0.5, 0.6) is 5.75 Å². The molecule has 3 aliphatic rings. The van der Waals surface area contributed by atoms with Gasteiger partial charge in [0, 0.05) is 47.0 Å². The van der Waals surface area contributed by atoms with Gasteiger partial charge in [-0.3, -0.25) is 14.5 Å². The Bertz CT molecular complexity index is 1900. The SMILES string of the molecule is CCOc1cccc(CN2[C@@H]3CN(c4ccc(C(=O)O)cc4)C(=O)[C@@H]3[C@@H](c3cccc(Cl)c3F)[C@@]23C(=O)Nc2cc(Cl)ccc23)c1. The van der Waals surface area contributed by atoms with Crippen LogP contribution in [0.1, 0.15) is 39.9 Å². The number of fused-ring (bicyclic) bond motifs is 3. The van der Waals surface area contributed by atoms with Crippen LogP contribution in [0.3, 0.4) is 0 Å². The standard InChI is InChI=1S/C35H28Cl2FN3O5/c1-2-46-23-6-3-5-19(15-23)17-41-28-18-40(22-12-9-20(10-13-22)33(43)44)32(42)29(28)30(24-7-4-8-26(37)31(24)38)35(41)25-14-11-21(36)16-27(25)39-34(35)45/h3-16,28-30H,2,17-18H2,1H3,(H,39,45)(H,43,44)/t28-,29+,30-,35+/m1/s1. The van der Waals surface area contributed by atoms with Gasteiger partial charge in [0.25, 0.3) is 0 Å². The third kappa shape index (κ3) is 4.56. The molecule has 0 unspecified atom stereocenters. The zero-order valence-electron chi connectivity index (χ0n) is 24.5. The Morgan fingerprint density at radius 1 is 1.04 bits per heavy atom. The van der Waals surface area contributed by atoms with Gasteiger partial charge in [-0.25, -0.2) is 9.18 Å². The van der Waals surface area contributed by atoms with E-state index < -0.39 is 41.1 Å². The molecule has 0 radical (unpaired) electrons. The number of benzene rings is 4. The number of amides is 2. The molecule has 11 heteroatoms. The first kappa shape index (κ1) is 30.2. The number of carbonyl (C=O) groups excluding carboxylic acids is 2. The average Bonchev–Trinajstić information content (AvgIpc) is 3.62. The lowest BCUT2D eigenvalue weighted by Crippen LogP contribution is -2.53. The molecule has 2 N–H and O–H groups in total. The number of nitrogens with zero attached hydrogens (tertiary/aromatic N) is 2. The Kier molecular flexibility index (Phi) is 7.50. The molecule has 0 bridgehead atoms. The third-order valence-electron chi connectivity index (χ3n) is 9.29. The maximum absolute atomic E-state index is 16.2. The fourth-order valence-electron chi connectivity index (χ4n) is 7.51. The van der Waals surface area contributed by atoms with Crippen molar-refractivity contribution >= 4 is 52.4 Å². The summed E-state index contributed by atoms with van der Waals surface area (Å²) in [7, 11) is 0. The molecule has 1 spiro atoms. The first-order valence-corrected chi connectivity index (χ1v) is 15.6. The van der Waals surface area contributed by atoms with E-state index in [1.54, 1.807) is 47.4 Å². The maximum atomic E-state index is 16.2. The fraction of sp³-hybridized carbons (Fsp3) is 0.229. The van der Waals surface area contributed by atoms with Crippen LogP contribution in [0, 0.1) is 11.7 Å². The van der Waals surface area contributed by atoms with Crippen molar-refractivity contribution in [1.82, 2.24) is 4.90 Å². The second-order valence-electron chi connectivity index (χ2n) is 11.6. The number of likely N-dealkylation sites (tertiary alicyclic amines) is 1. The number of anilines is 2. The minimum absolute atomic E-state index is 0.0853. The second-order valence-corrected chi connectivity index (χ2v) is 12.5. The summed E-state index contributed by atoms with van der Waals surface area (Å²) in [5, 5.41) is 12.7. The van der Waals surface area contributed by atoms with E-state index in [4.69, 9.17) is 27.9 Å². The van der Waals surface area contributed by atoms with Gasteiger partial charge in [-0.1, -0.05) is 53.5 Å². The molecule has 2 saturated heterocycles. The molecule has 4 atom stereocenters. The highest BCUT2D eigenvalue weighted by Gasteiger charge is 2.71. The summed E-state index contributed by atoms with van der Waals surface area (Å²) >= 11 is 12.7. The van der Waals surface area contributed by atoms with Crippen molar-refractivity contribution in [3.63, 3.8) is 0 Å². The van der Waals surface area contributed by atoms with Crippen molar-refractivity contribution in [3.8, 4) is 5.75 Å². The predicted molar refractivity (Wildman–Crippen MR) is 172 cm³/mol. The summed E-state index contributed by atoms with van der Waals surface area (Å²) in [5.41, 5.74) is 1.16. The van der Waals surface area contributed by atoms with Crippen LogP contribution in [-0.2, 0) is 21.7 Å². The van der Waals surface area contributed by atoms with Crippen molar-refractivity contribution in [3.05, 3.63) is 123 Å². The van der Waals surface area contributed by atoms with Gasteiger partial charge < -0.3 is 20.1 Å². The highest BCUT2D eigenvalue weighted by atomic mass is 35.5. The van der Waals surface area contributed by atoms with E-state index in [1.165, 1.54) is 18.2 Å². The first-order valence-electron chi connectivity index (χ1n) is 14.8. The van der Waals surface area contributed by atoms with E-state index in [2.05, 4.69) is 5.32 Å². The molecule has 234 valence electrons. The fourth-order valence-corrected chi connectivity index (χ4v) is 7.87. The maximum Gasteiger partial charge on any atom is 0.335 e. The van der Waals surface area contributed by atoms with Crippen molar-refractivity contribution in [2.45, 2.75) is 31.0 Å². The van der Waals surface area contributed by atoms with E-state index in [0.29, 0.717) is 34.3 Å². The summed E-state index contributed by atoms with van der Waals surface area (Å²) < 4.78 is 21.9. The zero-order valence-corrected chi connectivity index (χ0v) is 26.1. The van der Waals surface area contributed by atoms with E-state index in [9.17, 15) is 19.5 Å². The smallest absolute Gasteiger partial charge is 0.335 e. The van der Waals surface area contributed by atoms with Crippen molar-refractivity contribution in [2.75, 3.05) is 23.4 Å². The van der Waals surface area contributed by atoms with Crippen molar-refractivity contribution in [1.29, 1.82) is 0 Å². The minimum Gasteiger partial charge on any atom is -0.494 e. The lowest BCUT2D eigenvalue weighted by Gasteiger charge is -2.41. The number of rotatable bonds is 7. The van der Waals surface area contributed by atoms with Gasteiger partial charge >= 0.3 is 5.97 Å². The molecular formula is C35H28Cl2FN3O5. The third-order valence-corrected chi connectivity index (χ3v) is 9.82. The van der Waals surface area contributed by atoms with Crippen LogP contribution in [0.25, 0.3) is 0 Å². The highest BCUT2D eigenvalue weighted by Crippen LogP contribution is 2.62. The molecule has 8 nitrogen and oxygen atoms in total. The van der Waals surface area contributed by atoms with Gasteiger partial charge in [0.15, 0.2) is 0 Å². The minimum atomic E-state index is -1.50. The van der Waals surface area contributed by atoms with Crippen molar-refractivity contribution in [2.24, 2.45) is 5.92 Å². The molecule has 4 aromatic rings. The number of hydrogen-bond donors (Lipinski definition) is 2. The normalized spacial score (nSPS) is 23.5. The average molecular weight is 661 g/mol. The summed E-state index contributed by atoms with van der Waals surface area (Å²) in [4.78, 5) is 44.2. The van der Waals surface area contributed by atoms with Crippen LogP contribution in [0.4, 0.5) is 15.8 Å². The molecule has 0 aliphatic carbocycles. The number of carbonyl (C=O) groups is 3. The molecule has 0 aromatic heterocycles. The molecular weight excluding hydrogens is 632 g/mol. The Labute approximate surface area is 274 Å². The van der Waals surface area contributed by atoms with Gasteiger partial charge in [0.2, 0.25) is 11.8 Å². The van der Waals surface area contributed by atoms with Gasteiger partial charge in [0.05, 0.1) is 23.1 Å². The van der Waals surface area contributed by atoms with Gasteiger partial charge in [-0.2, -0.15) is 0 Å². The molecule has 7 rings (SSSR count). The monoisotopic (exact) mass is 659 g/mol. The number of halogens is 3. The number of nitrogens with one attached hydrogen (secondary N) is 1. The van der Waals surface area contributed by atoms with E-state index in [1.807, 2.05) is 36.1 Å². The van der Waals surface area contributed by atoms with Gasteiger partial charge in [0.1, 0.15) is 17.1 Å². The number of aromatic carboxylic acids is 1. The van der Waals surface area contributed by atoms with Gasteiger partial charge in [-0.05, 0) is 72.6 Å². The molecule has 3 heterocycles. The Balaban J connectivity index is 1.45.